The van der Waals surface area contributed by atoms with Crippen molar-refractivity contribution in [3.8, 4) is 5.75 Å². The Morgan fingerprint density at radius 3 is 2.45 bits per heavy atom. The van der Waals surface area contributed by atoms with Crippen molar-refractivity contribution in [3.63, 3.8) is 0 Å². The van der Waals surface area contributed by atoms with Crippen molar-refractivity contribution in [3.05, 3.63) is 89.7 Å². The van der Waals surface area contributed by atoms with Gasteiger partial charge in [-0.25, -0.2) is 9.18 Å². The van der Waals surface area contributed by atoms with Crippen molar-refractivity contribution in [1.82, 2.24) is 5.32 Å². The van der Waals surface area contributed by atoms with Gasteiger partial charge in [-0.1, -0.05) is 30.3 Å². The molecule has 0 saturated heterocycles. The molecular weight excluding hydrogens is 397 g/mol. The number of hydrogen-bond acceptors (Lipinski definition) is 3. The van der Waals surface area contributed by atoms with Gasteiger partial charge in [0, 0.05) is 17.9 Å². The van der Waals surface area contributed by atoms with Crippen molar-refractivity contribution in [1.29, 1.82) is 0 Å². The summed E-state index contributed by atoms with van der Waals surface area (Å²) in [6, 6.07) is 20.2. The molecule has 0 fully saturated rings. The van der Waals surface area contributed by atoms with Crippen LogP contribution in [0.15, 0.2) is 72.8 Å². The molecule has 3 N–H and O–H groups in total. The van der Waals surface area contributed by atoms with Crippen LogP contribution < -0.4 is 20.7 Å². The fraction of sp³-hybridized carbons (Fsp3) is 0.167. The summed E-state index contributed by atoms with van der Waals surface area (Å²) in [5, 5.41) is 8.44. The monoisotopic (exact) mass is 419 g/mol. The first-order valence-corrected chi connectivity index (χ1v) is 9.98. The zero-order chi connectivity index (χ0) is 21.6. The number of carbonyl (C=O) groups excluding carboxylic acids is 2. The molecular formula is C24H22FN3O3. The first kappa shape index (κ1) is 20.4. The Kier molecular flexibility index (Phi) is 6.12. The van der Waals surface area contributed by atoms with Gasteiger partial charge in [0.25, 0.3) is 0 Å². The van der Waals surface area contributed by atoms with E-state index in [9.17, 15) is 14.0 Å². The normalized spacial score (nSPS) is 14.7. The van der Waals surface area contributed by atoms with Crippen LogP contribution >= 0.6 is 0 Å². The van der Waals surface area contributed by atoms with Crippen LogP contribution in [-0.2, 0) is 17.8 Å². The highest BCUT2D eigenvalue weighted by Gasteiger charge is 2.26. The molecule has 0 bridgehead atoms. The second-order valence-corrected chi connectivity index (χ2v) is 7.32. The fourth-order valence-electron chi connectivity index (χ4n) is 3.39. The number of ether oxygens (including phenoxy) is 1. The lowest BCUT2D eigenvalue weighted by molar-refractivity contribution is -0.126. The minimum Gasteiger partial charge on any atom is -0.492 e. The maximum atomic E-state index is 13.0. The predicted octanol–water partition coefficient (Wildman–Crippen LogP) is 4.34. The van der Waals surface area contributed by atoms with E-state index in [1.807, 2.05) is 24.3 Å². The molecule has 0 spiro atoms. The molecule has 3 amide bonds. The zero-order valence-corrected chi connectivity index (χ0v) is 16.7. The standard InChI is InChI=1S/C24H22FN3O3/c25-19-8-6-16(7-9-19)14-26-23(29)18-12-17-13-21(10-11-22(17)31-15-18)28-24(30)27-20-4-2-1-3-5-20/h1-11,13,18H,12,14-15H2,(H,26,29)(H2,27,28,30)/t18-/m1/s1. The minimum absolute atomic E-state index is 0.129. The van der Waals surface area contributed by atoms with E-state index in [0.29, 0.717) is 30.1 Å². The van der Waals surface area contributed by atoms with E-state index in [1.165, 1.54) is 12.1 Å². The number of rotatable bonds is 5. The van der Waals surface area contributed by atoms with E-state index in [4.69, 9.17) is 4.74 Å². The van der Waals surface area contributed by atoms with Gasteiger partial charge in [0.15, 0.2) is 0 Å². The quantitative estimate of drug-likeness (QED) is 0.576. The molecule has 158 valence electrons. The van der Waals surface area contributed by atoms with Gasteiger partial charge in [-0.2, -0.15) is 0 Å². The smallest absolute Gasteiger partial charge is 0.323 e. The van der Waals surface area contributed by atoms with Crippen LogP contribution in [0.1, 0.15) is 11.1 Å². The summed E-state index contributed by atoms with van der Waals surface area (Å²) < 4.78 is 18.7. The van der Waals surface area contributed by atoms with Crippen LogP contribution in [0.2, 0.25) is 0 Å². The summed E-state index contributed by atoms with van der Waals surface area (Å²) in [7, 11) is 0. The number of nitrogens with one attached hydrogen (secondary N) is 3. The third-order valence-corrected chi connectivity index (χ3v) is 5.01. The van der Waals surface area contributed by atoms with Gasteiger partial charge in [-0.3, -0.25) is 4.79 Å². The van der Waals surface area contributed by atoms with Crippen LogP contribution in [0.25, 0.3) is 0 Å². The molecule has 1 aliphatic rings. The summed E-state index contributed by atoms with van der Waals surface area (Å²) in [5.74, 6) is -0.0812. The first-order chi connectivity index (χ1) is 15.1. The van der Waals surface area contributed by atoms with Gasteiger partial charge in [0.1, 0.15) is 18.2 Å². The molecule has 7 heteroatoms. The highest BCUT2D eigenvalue weighted by molar-refractivity contribution is 5.99. The maximum absolute atomic E-state index is 13.0. The van der Waals surface area contributed by atoms with E-state index in [-0.39, 0.29) is 30.3 Å². The molecule has 0 aromatic heterocycles. The topological polar surface area (TPSA) is 79.5 Å². The number of para-hydroxylation sites is 1. The number of carbonyl (C=O) groups is 2. The second-order valence-electron chi connectivity index (χ2n) is 7.32. The van der Waals surface area contributed by atoms with Crippen molar-refractivity contribution >= 4 is 23.3 Å². The molecule has 0 unspecified atom stereocenters. The Bertz CT molecular complexity index is 1070. The van der Waals surface area contributed by atoms with Gasteiger partial charge >= 0.3 is 6.03 Å². The van der Waals surface area contributed by atoms with Crippen molar-refractivity contribution in [2.75, 3.05) is 17.2 Å². The summed E-state index contributed by atoms with van der Waals surface area (Å²) in [6.45, 7) is 0.604. The Balaban J connectivity index is 1.35. The summed E-state index contributed by atoms with van der Waals surface area (Å²) >= 11 is 0. The fourth-order valence-corrected chi connectivity index (χ4v) is 3.39. The summed E-state index contributed by atoms with van der Waals surface area (Å²) in [5.41, 5.74) is 2.98. The molecule has 0 saturated carbocycles. The van der Waals surface area contributed by atoms with Gasteiger partial charge in [-0.05, 0) is 60.0 Å². The molecule has 1 heterocycles. The van der Waals surface area contributed by atoms with Gasteiger partial charge < -0.3 is 20.7 Å². The lowest BCUT2D eigenvalue weighted by Gasteiger charge is -2.25. The highest BCUT2D eigenvalue weighted by Crippen LogP contribution is 2.30. The SMILES string of the molecule is O=C(Nc1ccccc1)Nc1ccc2c(c1)C[C@@H](C(=O)NCc1ccc(F)cc1)CO2. The number of hydrogen-bond donors (Lipinski definition) is 3. The number of fused-ring (bicyclic) bond motifs is 1. The van der Waals surface area contributed by atoms with Crippen LogP contribution in [0, 0.1) is 11.7 Å². The molecule has 3 aromatic rings. The largest absolute Gasteiger partial charge is 0.492 e. The molecule has 31 heavy (non-hydrogen) atoms. The highest BCUT2D eigenvalue weighted by atomic mass is 19.1. The Labute approximate surface area is 179 Å². The van der Waals surface area contributed by atoms with Crippen LogP contribution in [0.3, 0.4) is 0 Å². The van der Waals surface area contributed by atoms with Crippen molar-refractivity contribution in [2.45, 2.75) is 13.0 Å². The third kappa shape index (κ3) is 5.39. The third-order valence-electron chi connectivity index (χ3n) is 5.01. The van der Waals surface area contributed by atoms with E-state index in [0.717, 1.165) is 11.1 Å². The summed E-state index contributed by atoms with van der Waals surface area (Å²) in [4.78, 5) is 24.8. The van der Waals surface area contributed by atoms with Crippen molar-refractivity contribution in [2.24, 2.45) is 5.92 Å². The molecule has 1 aliphatic heterocycles. The predicted molar refractivity (Wildman–Crippen MR) is 116 cm³/mol. The maximum Gasteiger partial charge on any atom is 0.323 e. The molecule has 3 aromatic carbocycles. The number of halogens is 1. The minimum atomic E-state index is -0.350. The second kappa shape index (κ2) is 9.30. The van der Waals surface area contributed by atoms with E-state index in [2.05, 4.69) is 16.0 Å². The molecule has 4 rings (SSSR count). The number of benzene rings is 3. The van der Waals surface area contributed by atoms with Crippen LogP contribution in [-0.4, -0.2) is 18.5 Å². The van der Waals surface area contributed by atoms with Gasteiger partial charge in [0.2, 0.25) is 5.91 Å². The molecule has 0 aliphatic carbocycles. The molecule has 6 nitrogen and oxygen atoms in total. The lowest BCUT2D eigenvalue weighted by atomic mass is 9.95. The molecule has 1 atom stereocenters. The Morgan fingerprint density at radius 2 is 1.68 bits per heavy atom. The van der Waals surface area contributed by atoms with E-state index in [1.54, 1.807) is 36.4 Å². The van der Waals surface area contributed by atoms with Gasteiger partial charge in [-0.15, -0.1) is 0 Å². The first-order valence-electron chi connectivity index (χ1n) is 9.98. The zero-order valence-electron chi connectivity index (χ0n) is 16.7. The lowest BCUT2D eigenvalue weighted by Crippen LogP contribution is -2.37. The Hall–Kier alpha value is -3.87. The van der Waals surface area contributed by atoms with E-state index < -0.39 is 0 Å². The van der Waals surface area contributed by atoms with Crippen LogP contribution in [0.5, 0.6) is 5.75 Å². The van der Waals surface area contributed by atoms with Gasteiger partial charge in [0.05, 0.1) is 5.92 Å². The number of anilines is 2. The average Bonchev–Trinajstić information content (AvgIpc) is 2.78. The average molecular weight is 419 g/mol. The Morgan fingerprint density at radius 1 is 0.935 bits per heavy atom. The molecule has 0 radical (unpaired) electrons. The number of amides is 3. The summed E-state index contributed by atoms with van der Waals surface area (Å²) in [6.07, 6.45) is 0.500. The van der Waals surface area contributed by atoms with Crippen molar-refractivity contribution < 1.29 is 18.7 Å². The van der Waals surface area contributed by atoms with Crippen LogP contribution in [0.4, 0.5) is 20.6 Å². The number of urea groups is 1. The van der Waals surface area contributed by atoms with E-state index >= 15 is 0 Å².